The average molecular weight is 293 g/mol. The quantitative estimate of drug-likeness (QED) is 0.544. The lowest BCUT2D eigenvalue weighted by Crippen LogP contribution is -2.29. The first-order valence-corrected chi connectivity index (χ1v) is 8.97. The molecule has 0 aliphatic heterocycles. The lowest BCUT2D eigenvalue weighted by molar-refractivity contribution is 0.433. The summed E-state index contributed by atoms with van der Waals surface area (Å²) in [6, 6.07) is 0.655. The molecule has 0 amide bonds. The molecule has 0 radical (unpaired) electrons. The van der Waals surface area contributed by atoms with Crippen LogP contribution in [0.4, 0.5) is 0 Å². The fraction of sp³-hybridized carbons (Fsp3) is 0.833. The van der Waals surface area contributed by atoms with E-state index in [-0.39, 0.29) is 0 Å². The number of aromatic nitrogens is 2. The van der Waals surface area contributed by atoms with Gasteiger partial charge in [0.15, 0.2) is 0 Å². The second-order valence-electron chi connectivity index (χ2n) is 6.16. The van der Waals surface area contributed by atoms with Gasteiger partial charge in [-0.25, -0.2) is 4.98 Å². The average Bonchev–Trinajstić information content (AvgIpc) is 2.89. The standard InChI is InChI=1S/C18H35N3/c1-4-6-7-8-9-10-11-12-17(19-5-2)13-14-18-20-15-16-21(18)3/h15-17,19H,4-14H2,1-3H3. The van der Waals surface area contributed by atoms with Crippen LogP contribution >= 0.6 is 0 Å². The maximum Gasteiger partial charge on any atom is 0.108 e. The van der Waals surface area contributed by atoms with Gasteiger partial charge < -0.3 is 9.88 Å². The monoisotopic (exact) mass is 293 g/mol. The molecule has 0 saturated carbocycles. The van der Waals surface area contributed by atoms with Crippen molar-refractivity contribution >= 4 is 0 Å². The molecule has 21 heavy (non-hydrogen) atoms. The van der Waals surface area contributed by atoms with Crippen molar-refractivity contribution in [1.29, 1.82) is 0 Å². The minimum atomic E-state index is 0.655. The molecule has 122 valence electrons. The molecule has 1 aromatic rings. The van der Waals surface area contributed by atoms with E-state index in [0.29, 0.717) is 6.04 Å². The van der Waals surface area contributed by atoms with Crippen molar-refractivity contribution in [2.45, 2.75) is 84.1 Å². The molecule has 1 unspecified atom stereocenters. The first-order chi connectivity index (χ1) is 10.3. The van der Waals surface area contributed by atoms with E-state index < -0.39 is 0 Å². The van der Waals surface area contributed by atoms with Crippen LogP contribution in [0.15, 0.2) is 12.4 Å². The predicted octanol–water partition coefficient (Wildman–Crippen LogP) is 4.47. The van der Waals surface area contributed by atoms with Crippen LogP contribution in [-0.4, -0.2) is 22.1 Å². The molecule has 0 aromatic carbocycles. The Bertz CT molecular complexity index is 346. The molecule has 0 spiro atoms. The molecule has 0 aliphatic carbocycles. The Morgan fingerprint density at radius 3 is 2.38 bits per heavy atom. The smallest absolute Gasteiger partial charge is 0.108 e. The molecule has 0 aliphatic rings. The summed E-state index contributed by atoms with van der Waals surface area (Å²) < 4.78 is 2.14. The highest BCUT2D eigenvalue weighted by molar-refractivity contribution is 4.92. The summed E-state index contributed by atoms with van der Waals surface area (Å²) in [5.74, 6) is 1.21. The molecular formula is C18H35N3. The number of hydrogen-bond acceptors (Lipinski definition) is 2. The van der Waals surface area contributed by atoms with E-state index in [2.05, 4.69) is 35.8 Å². The summed E-state index contributed by atoms with van der Waals surface area (Å²) in [6.45, 7) is 5.56. The van der Waals surface area contributed by atoms with Crippen LogP contribution < -0.4 is 5.32 Å². The molecule has 3 heteroatoms. The number of nitrogens with one attached hydrogen (secondary N) is 1. The Morgan fingerprint density at radius 2 is 1.76 bits per heavy atom. The summed E-state index contributed by atoms with van der Waals surface area (Å²) in [7, 11) is 2.08. The molecule has 1 atom stereocenters. The third-order valence-electron chi connectivity index (χ3n) is 4.29. The van der Waals surface area contributed by atoms with Gasteiger partial charge in [-0.15, -0.1) is 0 Å². The van der Waals surface area contributed by atoms with Gasteiger partial charge in [0.05, 0.1) is 0 Å². The van der Waals surface area contributed by atoms with Gasteiger partial charge in [0.1, 0.15) is 5.82 Å². The third-order valence-corrected chi connectivity index (χ3v) is 4.29. The lowest BCUT2D eigenvalue weighted by atomic mass is 10.0. The zero-order chi connectivity index (χ0) is 15.3. The Kier molecular flexibility index (Phi) is 10.2. The van der Waals surface area contributed by atoms with E-state index in [4.69, 9.17) is 0 Å². The minimum absolute atomic E-state index is 0.655. The fourth-order valence-electron chi connectivity index (χ4n) is 2.93. The fourth-order valence-corrected chi connectivity index (χ4v) is 2.93. The van der Waals surface area contributed by atoms with Gasteiger partial charge in [-0.1, -0.05) is 58.8 Å². The highest BCUT2D eigenvalue weighted by Gasteiger charge is 2.09. The van der Waals surface area contributed by atoms with Crippen LogP contribution in [0.2, 0.25) is 0 Å². The van der Waals surface area contributed by atoms with E-state index in [9.17, 15) is 0 Å². The van der Waals surface area contributed by atoms with Crippen LogP contribution in [0.1, 0.15) is 77.5 Å². The Hall–Kier alpha value is -0.830. The highest BCUT2D eigenvalue weighted by Crippen LogP contribution is 2.12. The van der Waals surface area contributed by atoms with Crippen molar-refractivity contribution in [3.8, 4) is 0 Å². The molecule has 1 aromatic heterocycles. The van der Waals surface area contributed by atoms with Gasteiger partial charge in [0.2, 0.25) is 0 Å². The van der Waals surface area contributed by atoms with Crippen molar-refractivity contribution in [1.82, 2.24) is 14.9 Å². The third kappa shape index (κ3) is 8.25. The van der Waals surface area contributed by atoms with E-state index in [1.54, 1.807) is 0 Å². The highest BCUT2D eigenvalue weighted by atomic mass is 15.0. The van der Waals surface area contributed by atoms with E-state index >= 15 is 0 Å². The largest absolute Gasteiger partial charge is 0.338 e. The Balaban J connectivity index is 2.13. The van der Waals surface area contributed by atoms with Crippen LogP contribution in [0.3, 0.4) is 0 Å². The Morgan fingerprint density at radius 1 is 1.05 bits per heavy atom. The van der Waals surface area contributed by atoms with Crippen molar-refractivity contribution in [3.63, 3.8) is 0 Å². The van der Waals surface area contributed by atoms with Crippen LogP contribution in [-0.2, 0) is 13.5 Å². The number of rotatable bonds is 13. The maximum atomic E-state index is 4.42. The Labute approximate surface area is 131 Å². The van der Waals surface area contributed by atoms with Crippen molar-refractivity contribution in [2.75, 3.05) is 6.54 Å². The number of unbranched alkanes of at least 4 members (excludes halogenated alkanes) is 6. The summed E-state index contributed by atoms with van der Waals surface area (Å²) in [5.41, 5.74) is 0. The molecule has 0 bridgehead atoms. The van der Waals surface area contributed by atoms with Gasteiger partial charge in [-0.2, -0.15) is 0 Å². The van der Waals surface area contributed by atoms with Gasteiger partial charge in [0.25, 0.3) is 0 Å². The summed E-state index contributed by atoms with van der Waals surface area (Å²) >= 11 is 0. The molecule has 0 saturated heterocycles. The number of hydrogen-bond donors (Lipinski definition) is 1. The van der Waals surface area contributed by atoms with Gasteiger partial charge in [-0.3, -0.25) is 0 Å². The predicted molar refractivity (Wildman–Crippen MR) is 91.6 cm³/mol. The molecule has 3 nitrogen and oxygen atoms in total. The van der Waals surface area contributed by atoms with Gasteiger partial charge in [-0.05, 0) is 19.4 Å². The number of nitrogens with zero attached hydrogens (tertiary/aromatic N) is 2. The SMILES string of the molecule is CCCCCCCCCC(CCc1nccn1C)NCC. The molecule has 1 N–H and O–H groups in total. The molecule has 1 rings (SSSR count). The van der Waals surface area contributed by atoms with Gasteiger partial charge in [0, 0.05) is 31.9 Å². The van der Waals surface area contributed by atoms with Gasteiger partial charge >= 0.3 is 0 Å². The summed E-state index contributed by atoms with van der Waals surface area (Å²) in [6.07, 6.45) is 17.3. The molecule has 0 fully saturated rings. The first-order valence-electron chi connectivity index (χ1n) is 8.97. The normalized spacial score (nSPS) is 12.7. The maximum absolute atomic E-state index is 4.42. The molecular weight excluding hydrogens is 258 g/mol. The van der Waals surface area contributed by atoms with Crippen LogP contribution in [0.5, 0.6) is 0 Å². The second-order valence-corrected chi connectivity index (χ2v) is 6.16. The summed E-state index contributed by atoms with van der Waals surface area (Å²) in [5, 5.41) is 3.64. The topological polar surface area (TPSA) is 29.9 Å². The van der Waals surface area contributed by atoms with Crippen LogP contribution in [0.25, 0.3) is 0 Å². The number of imidazole rings is 1. The lowest BCUT2D eigenvalue weighted by Gasteiger charge is -2.17. The second kappa shape index (κ2) is 11.8. The van der Waals surface area contributed by atoms with Crippen molar-refractivity contribution < 1.29 is 0 Å². The van der Waals surface area contributed by atoms with E-state index in [1.807, 2.05) is 12.4 Å². The first kappa shape index (κ1) is 18.2. The van der Waals surface area contributed by atoms with Crippen molar-refractivity contribution in [3.05, 3.63) is 18.2 Å². The van der Waals surface area contributed by atoms with Crippen LogP contribution in [0, 0.1) is 0 Å². The van der Waals surface area contributed by atoms with E-state index in [1.165, 1.54) is 63.6 Å². The van der Waals surface area contributed by atoms with Crippen molar-refractivity contribution in [2.24, 2.45) is 7.05 Å². The van der Waals surface area contributed by atoms with E-state index in [0.717, 1.165) is 13.0 Å². The number of aryl methyl sites for hydroxylation is 2. The zero-order valence-corrected chi connectivity index (χ0v) is 14.4. The minimum Gasteiger partial charge on any atom is -0.338 e. The summed E-state index contributed by atoms with van der Waals surface area (Å²) in [4.78, 5) is 4.42. The zero-order valence-electron chi connectivity index (χ0n) is 14.4. The molecule has 1 heterocycles.